The molecule has 0 N–H and O–H groups in total. The number of rotatable bonds is 4. The molecule has 0 amide bonds. The Bertz CT molecular complexity index is 660. The van der Waals surface area contributed by atoms with E-state index in [0.717, 1.165) is 11.3 Å². The molecule has 3 aromatic carbocycles. The number of benzene rings is 3. The van der Waals surface area contributed by atoms with Crippen LogP contribution in [0.4, 0.5) is 0 Å². The number of hydrogen-bond donors (Lipinski definition) is 0. The SMILES string of the molecule is c1ccc(COc2ccccc2-c2ccccc2)cc1. The van der Waals surface area contributed by atoms with Gasteiger partial charge in [-0.05, 0) is 17.2 Å². The summed E-state index contributed by atoms with van der Waals surface area (Å²) in [5.74, 6) is 0.919. The Kier molecular flexibility index (Phi) is 3.79. The molecule has 0 unspecified atom stereocenters. The van der Waals surface area contributed by atoms with Crippen LogP contribution >= 0.6 is 0 Å². The highest BCUT2D eigenvalue weighted by Gasteiger charge is 2.05. The van der Waals surface area contributed by atoms with Crippen LogP contribution in [0, 0.1) is 0 Å². The maximum absolute atomic E-state index is 5.98. The Morgan fingerprint density at radius 2 is 1.20 bits per heavy atom. The number of para-hydroxylation sites is 1. The van der Waals surface area contributed by atoms with E-state index in [0.29, 0.717) is 6.61 Å². The molecule has 0 atom stereocenters. The minimum Gasteiger partial charge on any atom is -0.488 e. The Hall–Kier alpha value is -2.54. The first-order valence-corrected chi connectivity index (χ1v) is 6.75. The molecule has 98 valence electrons. The maximum Gasteiger partial charge on any atom is 0.127 e. The summed E-state index contributed by atoms with van der Waals surface area (Å²) in [7, 11) is 0. The van der Waals surface area contributed by atoms with Gasteiger partial charge in [-0.2, -0.15) is 0 Å². The fraction of sp³-hybridized carbons (Fsp3) is 0.0526. The molecule has 1 heteroatoms. The molecule has 3 rings (SSSR count). The van der Waals surface area contributed by atoms with Crippen LogP contribution in [0.2, 0.25) is 0 Å². The van der Waals surface area contributed by atoms with Crippen molar-refractivity contribution < 1.29 is 4.74 Å². The summed E-state index contributed by atoms with van der Waals surface area (Å²) < 4.78 is 5.98. The molecule has 0 saturated heterocycles. The van der Waals surface area contributed by atoms with Crippen molar-refractivity contribution >= 4 is 0 Å². The summed E-state index contributed by atoms with van der Waals surface area (Å²) in [6.07, 6.45) is 0. The van der Waals surface area contributed by atoms with Gasteiger partial charge >= 0.3 is 0 Å². The third-order valence-electron chi connectivity index (χ3n) is 3.21. The van der Waals surface area contributed by atoms with Gasteiger partial charge in [0.25, 0.3) is 0 Å². The first-order chi connectivity index (χ1) is 9.93. The number of ether oxygens (including phenoxy) is 1. The second kappa shape index (κ2) is 6.07. The van der Waals surface area contributed by atoms with Crippen molar-refractivity contribution in [3.63, 3.8) is 0 Å². The summed E-state index contributed by atoms with van der Waals surface area (Å²) in [4.78, 5) is 0. The van der Waals surface area contributed by atoms with Crippen molar-refractivity contribution in [3.8, 4) is 16.9 Å². The van der Waals surface area contributed by atoms with E-state index < -0.39 is 0 Å². The van der Waals surface area contributed by atoms with Gasteiger partial charge in [0, 0.05) is 5.56 Å². The van der Waals surface area contributed by atoms with Gasteiger partial charge in [-0.25, -0.2) is 0 Å². The summed E-state index contributed by atoms with van der Waals surface area (Å²) in [5.41, 5.74) is 3.48. The van der Waals surface area contributed by atoms with E-state index in [4.69, 9.17) is 4.74 Å². The predicted molar refractivity (Wildman–Crippen MR) is 82.7 cm³/mol. The summed E-state index contributed by atoms with van der Waals surface area (Å²) in [5, 5.41) is 0. The van der Waals surface area contributed by atoms with E-state index in [-0.39, 0.29) is 0 Å². The highest BCUT2D eigenvalue weighted by molar-refractivity contribution is 5.70. The van der Waals surface area contributed by atoms with Gasteiger partial charge in [-0.15, -0.1) is 0 Å². The quantitative estimate of drug-likeness (QED) is 0.646. The summed E-state index contributed by atoms with van der Waals surface area (Å²) >= 11 is 0. The average molecular weight is 260 g/mol. The lowest BCUT2D eigenvalue weighted by atomic mass is 10.1. The van der Waals surface area contributed by atoms with Crippen molar-refractivity contribution in [2.24, 2.45) is 0 Å². The Labute approximate surface area is 119 Å². The van der Waals surface area contributed by atoms with Gasteiger partial charge in [0.05, 0.1) is 0 Å². The third kappa shape index (κ3) is 2.89. The molecule has 0 aromatic heterocycles. The molecule has 0 radical (unpaired) electrons. The van der Waals surface area contributed by atoms with Crippen molar-refractivity contribution in [1.82, 2.24) is 0 Å². The Balaban J connectivity index is 1.84. The van der Waals surface area contributed by atoms with Gasteiger partial charge in [-0.1, -0.05) is 78.9 Å². The molecule has 0 aliphatic carbocycles. The van der Waals surface area contributed by atoms with Crippen LogP contribution in [0.25, 0.3) is 11.1 Å². The van der Waals surface area contributed by atoms with E-state index in [2.05, 4.69) is 30.3 Å². The van der Waals surface area contributed by atoms with E-state index in [9.17, 15) is 0 Å². The molecule has 0 fully saturated rings. The average Bonchev–Trinajstić information content (AvgIpc) is 2.55. The predicted octanol–water partition coefficient (Wildman–Crippen LogP) is 4.93. The van der Waals surface area contributed by atoms with Gasteiger partial charge in [-0.3, -0.25) is 0 Å². The van der Waals surface area contributed by atoms with Crippen LogP contribution in [0.15, 0.2) is 84.9 Å². The minimum absolute atomic E-state index is 0.588. The third-order valence-corrected chi connectivity index (χ3v) is 3.21. The Morgan fingerprint density at radius 1 is 0.600 bits per heavy atom. The molecular formula is C19H16O. The minimum atomic E-state index is 0.588. The maximum atomic E-state index is 5.98. The molecule has 0 aliphatic heterocycles. The lowest BCUT2D eigenvalue weighted by molar-refractivity contribution is 0.307. The lowest BCUT2D eigenvalue weighted by Gasteiger charge is -2.11. The monoisotopic (exact) mass is 260 g/mol. The van der Waals surface area contributed by atoms with Gasteiger partial charge in [0.2, 0.25) is 0 Å². The molecule has 0 saturated carbocycles. The zero-order chi connectivity index (χ0) is 13.6. The zero-order valence-electron chi connectivity index (χ0n) is 11.2. The largest absolute Gasteiger partial charge is 0.488 e. The van der Waals surface area contributed by atoms with E-state index in [1.165, 1.54) is 11.1 Å². The van der Waals surface area contributed by atoms with Crippen LogP contribution in [0.5, 0.6) is 5.75 Å². The lowest BCUT2D eigenvalue weighted by Crippen LogP contribution is -1.96. The smallest absolute Gasteiger partial charge is 0.127 e. The zero-order valence-corrected chi connectivity index (χ0v) is 11.2. The van der Waals surface area contributed by atoms with Crippen LogP contribution in [0.1, 0.15) is 5.56 Å². The second-order valence-electron chi connectivity index (χ2n) is 4.64. The molecule has 0 heterocycles. The second-order valence-corrected chi connectivity index (χ2v) is 4.64. The molecule has 0 aliphatic rings. The van der Waals surface area contributed by atoms with Crippen molar-refractivity contribution in [2.75, 3.05) is 0 Å². The highest BCUT2D eigenvalue weighted by atomic mass is 16.5. The van der Waals surface area contributed by atoms with Gasteiger partial charge in [0.15, 0.2) is 0 Å². The Morgan fingerprint density at radius 3 is 1.95 bits per heavy atom. The van der Waals surface area contributed by atoms with Crippen LogP contribution < -0.4 is 4.74 Å². The summed E-state index contributed by atoms with van der Waals surface area (Å²) in [6, 6.07) is 28.7. The fourth-order valence-electron chi connectivity index (χ4n) is 2.18. The molecule has 0 spiro atoms. The molecule has 0 bridgehead atoms. The fourth-order valence-corrected chi connectivity index (χ4v) is 2.18. The summed E-state index contributed by atoms with van der Waals surface area (Å²) in [6.45, 7) is 0.588. The molecule has 3 aromatic rings. The van der Waals surface area contributed by atoms with Crippen molar-refractivity contribution in [2.45, 2.75) is 6.61 Å². The van der Waals surface area contributed by atoms with Crippen molar-refractivity contribution in [1.29, 1.82) is 0 Å². The van der Waals surface area contributed by atoms with Gasteiger partial charge in [0.1, 0.15) is 12.4 Å². The van der Waals surface area contributed by atoms with Crippen LogP contribution in [-0.2, 0) is 6.61 Å². The van der Waals surface area contributed by atoms with Crippen molar-refractivity contribution in [3.05, 3.63) is 90.5 Å². The molecule has 20 heavy (non-hydrogen) atoms. The first-order valence-electron chi connectivity index (χ1n) is 6.75. The van der Waals surface area contributed by atoms with Crippen LogP contribution in [0.3, 0.4) is 0 Å². The highest BCUT2D eigenvalue weighted by Crippen LogP contribution is 2.29. The normalized spacial score (nSPS) is 10.2. The number of hydrogen-bond acceptors (Lipinski definition) is 1. The van der Waals surface area contributed by atoms with E-state index >= 15 is 0 Å². The van der Waals surface area contributed by atoms with E-state index in [1.807, 2.05) is 54.6 Å². The molecular weight excluding hydrogens is 244 g/mol. The first kappa shape index (κ1) is 12.5. The standard InChI is InChI=1S/C19H16O/c1-3-9-16(10-4-1)15-20-19-14-8-7-13-18(19)17-11-5-2-6-12-17/h1-14H,15H2. The van der Waals surface area contributed by atoms with Gasteiger partial charge < -0.3 is 4.74 Å². The molecule has 1 nitrogen and oxygen atoms in total. The van der Waals surface area contributed by atoms with E-state index in [1.54, 1.807) is 0 Å². The van der Waals surface area contributed by atoms with Crippen LogP contribution in [-0.4, -0.2) is 0 Å². The topological polar surface area (TPSA) is 9.23 Å².